The zero-order chi connectivity index (χ0) is 30.6. The Morgan fingerprint density at radius 3 is 1.07 bits per heavy atom. The summed E-state index contributed by atoms with van der Waals surface area (Å²) in [6.45, 7) is 0. The van der Waals surface area contributed by atoms with Crippen molar-refractivity contribution in [3.63, 3.8) is 0 Å². The van der Waals surface area contributed by atoms with Gasteiger partial charge in [-0.2, -0.15) is 26.3 Å². The monoisotopic (exact) mass is 573 g/mol. The van der Waals surface area contributed by atoms with E-state index < -0.39 is 75.0 Å². The van der Waals surface area contributed by atoms with Crippen molar-refractivity contribution in [3.8, 4) is 0 Å². The maximum Gasteiger partial charge on any atom is 0.411 e. The van der Waals surface area contributed by atoms with Crippen LogP contribution in [-0.2, 0) is 5.41 Å². The van der Waals surface area contributed by atoms with Crippen molar-refractivity contribution in [1.82, 2.24) is 0 Å². The van der Waals surface area contributed by atoms with Crippen LogP contribution in [0.15, 0.2) is 66.7 Å². The van der Waals surface area contributed by atoms with E-state index in [9.17, 15) is 45.5 Å². The Hall–Kier alpha value is -5.08. The lowest BCUT2D eigenvalue weighted by Gasteiger charge is -2.38. The van der Waals surface area contributed by atoms with Crippen LogP contribution in [0.2, 0.25) is 0 Å². The van der Waals surface area contributed by atoms with Crippen molar-refractivity contribution in [1.29, 1.82) is 0 Å². The highest BCUT2D eigenvalue weighted by Crippen LogP contribution is 2.56. The maximum absolute atomic E-state index is 14.2. The summed E-state index contributed by atoms with van der Waals surface area (Å²) in [7, 11) is 0. The van der Waals surface area contributed by atoms with Gasteiger partial charge in [-0.1, -0.05) is 30.3 Å². The molecule has 0 aromatic heterocycles. The third-order valence-electron chi connectivity index (χ3n) is 5.48. The number of halogens is 6. The van der Waals surface area contributed by atoms with Gasteiger partial charge in [-0.15, -0.1) is 0 Å². The predicted octanol–water partition coefficient (Wildman–Crippen LogP) is 5.16. The van der Waals surface area contributed by atoms with E-state index in [1.165, 1.54) is 0 Å². The maximum atomic E-state index is 14.2. The fourth-order valence-electron chi connectivity index (χ4n) is 3.72. The van der Waals surface area contributed by atoms with Gasteiger partial charge in [0.05, 0.1) is 22.3 Å². The van der Waals surface area contributed by atoms with Gasteiger partial charge in [0, 0.05) is 5.69 Å². The van der Waals surface area contributed by atoms with Crippen molar-refractivity contribution in [2.24, 2.45) is 0 Å². The SMILES string of the molecule is Nc1ccccc1.O=C(O)c1ccc(C(c2ccc(C(=O)O)c(C(=O)O)c2)(C(F)(F)F)C(F)(F)F)cc1C(=O)O. The molecule has 0 atom stereocenters. The molecule has 0 spiro atoms. The van der Waals surface area contributed by atoms with E-state index in [4.69, 9.17) is 26.2 Å². The number of hydrogen-bond acceptors (Lipinski definition) is 5. The Kier molecular flexibility index (Phi) is 8.83. The highest BCUT2D eigenvalue weighted by molar-refractivity contribution is 6.03. The van der Waals surface area contributed by atoms with Crippen LogP contribution >= 0.6 is 0 Å². The molecule has 3 aromatic rings. The van der Waals surface area contributed by atoms with Gasteiger partial charge < -0.3 is 26.2 Å². The number of rotatable bonds is 6. The molecule has 212 valence electrons. The molecule has 9 nitrogen and oxygen atoms in total. The second-order valence-electron chi connectivity index (χ2n) is 7.90. The largest absolute Gasteiger partial charge is 0.478 e. The number of aromatic carboxylic acids is 4. The van der Waals surface area contributed by atoms with E-state index in [1.54, 1.807) is 0 Å². The van der Waals surface area contributed by atoms with Crippen molar-refractivity contribution in [2.45, 2.75) is 17.8 Å². The van der Waals surface area contributed by atoms with Crippen molar-refractivity contribution < 1.29 is 65.9 Å². The quantitative estimate of drug-likeness (QED) is 0.197. The lowest BCUT2D eigenvalue weighted by molar-refractivity contribution is -0.288. The van der Waals surface area contributed by atoms with E-state index >= 15 is 0 Å². The van der Waals surface area contributed by atoms with Gasteiger partial charge in [-0.25, -0.2) is 19.2 Å². The van der Waals surface area contributed by atoms with Crippen LogP contribution < -0.4 is 5.73 Å². The minimum atomic E-state index is -6.27. The number of hydrogen-bond donors (Lipinski definition) is 5. The average Bonchev–Trinajstić information content (AvgIpc) is 2.83. The molecular weight excluding hydrogens is 556 g/mol. The molecule has 0 unspecified atom stereocenters. The first-order valence-electron chi connectivity index (χ1n) is 10.5. The van der Waals surface area contributed by atoms with E-state index in [-0.39, 0.29) is 36.4 Å². The molecule has 6 N–H and O–H groups in total. The molecule has 0 aliphatic carbocycles. The Morgan fingerprint density at radius 2 is 0.850 bits per heavy atom. The van der Waals surface area contributed by atoms with Crippen molar-refractivity contribution in [3.05, 3.63) is 100 Å². The van der Waals surface area contributed by atoms with E-state index in [2.05, 4.69) is 0 Å². The summed E-state index contributed by atoms with van der Waals surface area (Å²) in [6.07, 6.45) is -12.5. The van der Waals surface area contributed by atoms with Gasteiger partial charge >= 0.3 is 36.2 Å². The molecular formula is C25H17F6NO8. The normalized spacial score (nSPS) is 11.7. The van der Waals surface area contributed by atoms with Crippen LogP contribution in [0.1, 0.15) is 52.6 Å². The molecule has 0 amide bonds. The molecule has 0 fully saturated rings. The predicted molar refractivity (Wildman–Crippen MR) is 124 cm³/mol. The molecule has 0 saturated carbocycles. The number of carboxylic acid groups (broad SMARTS) is 4. The highest BCUT2D eigenvalue weighted by atomic mass is 19.4. The van der Waals surface area contributed by atoms with Gasteiger partial charge in [0.15, 0.2) is 0 Å². The molecule has 0 bridgehead atoms. The molecule has 0 aliphatic heterocycles. The summed E-state index contributed by atoms with van der Waals surface area (Å²) in [5, 5.41) is 36.2. The molecule has 0 aliphatic rings. The first-order valence-corrected chi connectivity index (χ1v) is 10.5. The fourth-order valence-corrected chi connectivity index (χ4v) is 3.72. The standard InChI is InChI=1S/C19H10F6O8.C6H7N/c20-18(21,22)17(19(23,24)25,7-1-3-9(13(26)27)11(5-7)15(30)31)8-2-4-10(14(28)29)12(6-8)16(32)33;7-6-4-2-1-3-5-6/h1-6H,(H,26,27)(H,28,29)(H,30,31)(H,32,33);1-5H,7H2. The van der Waals surface area contributed by atoms with Crippen LogP contribution in [0, 0.1) is 0 Å². The Morgan fingerprint density at radius 1 is 0.525 bits per heavy atom. The smallest absolute Gasteiger partial charge is 0.411 e. The van der Waals surface area contributed by atoms with Gasteiger partial charge in [-0.05, 0) is 47.5 Å². The summed E-state index contributed by atoms with van der Waals surface area (Å²) in [6, 6.07) is 9.90. The molecule has 0 saturated heterocycles. The van der Waals surface area contributed by atoms with Crippen molar-refractivity contribution in [2.75, 3.05) is 5.73 Å². The summed E-state index contributed by atoms with van der Waals surface area (Å²) in [5.41, 5.74) is -7.39. The summed E-state index contributed by atoms with van der Waals surface area (Å²) in [4.78, 5) is 45.0. The number of nitrogen functional groups attached to an aromatic ring is 1. The van der Waals surface area contributed by atoms with Crippen molar-refractivity contribution >= 4 is 29.6 Å². The lowest BCUT2D eigenvalue weighted by atomic mass is 9.71. The number of anilines is 1. The number of carbonyl (C=O) groups is 4. The minimum Gasteiger partial charge on any atom is -0.478 e. The van der Waals surface area contributed by atoms with Crippen LogP contribution in [0.5, 0.6) is 0 Å². The third-order valence-corrected chi connectivity index (χ3v) is 5.48. The van der Waals surface area contributed by atoms with Gasteiger partial charge in [0.25, 0.3) is 0 Å². The van der Waals surface area contributed by atoms with Crippen LogP contribution in [-0.4, -0.2) is 56.7 Å². The molecule has 40 heavy (non-hydrogen) atoms. The second kappa shape index (κ2) is 11.3. The Labute approximate surface area is 219 Å². The number of para-hydroxylation sites is 1. The van der Waals surface area contributed by atoms with Gasteiger partial charge in [0.2, 0.25) is 5.41 Å². The highest BCUT2D eigenvalue weighted by Gasteiger charge is 2.72. The Bertz CT molecular complexity index is 1360. The summed E-state index contributed by atoms with van der Waals surface area (Å²) < 4.78 is 85.1. The van der Waals surface area contributed by atoms with Crippen LogP contribution in [0.3, 0.4) is 0 Å². The summed E-state index contributed by atoms with van der Waals surface area (Å²) in [5.74, 6) is -8.16. The second-order valence-corrected chi connectivity index (χ2v) is 7.90. The first kappa shape index (κ1) is 31.1. The summed E-state index contributed by atoms with van der Waals surface area (Å²) >= 11 is 0. The Balaban J connectivity index is 0.000000693. The molecule has 0 radical (unpaired) electrons. The lowest BCUT2D eigenvalue weighted by Crippen LogP contribution is -2.55. The molecule has 15 heteroatoms. The minimum absolute atomic E-state index is 0.0996. The third kappa shape index (κ3) is 5.98. The molecule has 3 rings (SSSR count). The van der Waals surface area contributed by atoms with Gasteiger partial charge in [0.1, 0.15) is 0 Å². The van der Waals surface area contributed by atoms with E-state index in [0.717, 1.165) is 5.69 Å². The molecule has 3 aromatic carbocycles. The number of alkyl halides is 6. The molecule has 0 heterocycles. The topological polar surface area (TPSA) is 175 Å². The van der Waals surface area contributed by atoms with E-state index in [1.807, 2.05) is 30.3 Å². The number of nitrogens with two attached hydrogens (primary N) is 1. The number of carboxylic acids is 4. The fraction of sp³-hybridized carbons (Fsp3) is 0.120. The van der Waals surface area contributed by atoms with E-state index in [0.29, 0.717) is 0 Å². The first-order chi connectivity index (χ1) is 18.4. The number of benzene rings is 3. The van der Waals surface area contributed by atoms with Crippen LogP contribution in [0.25, 0.3) is 0 Å². The average molecular weight is 573 g/mol. The van der Waals surface area contributed by atoms with Crippen LogP contribution in [0.4, 0.5) is 32.0 Å². The zero-order valence-corrected chi connectivity index (χ0v) is 19.6. The van der Waals surface area contributed by atoms with Gasteiger partial charge in [-0.3, -0.25) is 0 Å². The zero-order valence-electron chi connectivity index (χ0n) is 19.6.